The number of ketones is 1. The summed E-state index contributed by atoms with van der Waals surface area (Å²) in [4.78, 5) is 24.2. The molecule has 2 rings (SSSR count). The van der Waals surface area contributed by atoms with E-state index in [1.165, 1.54) is 25.6 Å². The highest BCUT2D eigenvalue weighted by Crippen LogP contribution is 2.25. The zero-order valence-electron chi connectivity index (χ0n) is 11.6. The molecule has 6 heteroatoms. The van der Waals surface area contributed by atoms with Gasteiger partial charge in [0.1, 0.15) is 16.4 Å². The summed E-state index contributed by atoms with van der Waals surface area (Å²) in [5.41, 5.74) is 0.345. The molecule has 0 saturated heterocycles. The predicted octanol–water partition coefficient (Wildman–Crippen LogP) is 2.81. The van der Waals surface area contributed by atoms with Gasteiger partial charge in [0.15, 0.2) is 6.61 Å². The Labute approximate surface area is 126 Å². The van der Waals surface area contributed by atoms with Crippen molar-refractivity contribution in [3.63, 3.8) is 0 Å². The largest absolute Gasteiger partial charge is 0.497 e. The van der Waals surface area contributed by atoms with Gasteiger partial charge in [-0.1, -0.05) is 6.07 Å². The van der Waals surface area contributed by atoms with Crippen LogP contribution in [0.1, 0.15) is 20.0 Å². The monoisotopic (exact) mass is 306 g/mol. The van der Waals surface area contributed by atoms with E-state index in [0.717, 1.165) is 0 Å². The van der Waals surface area contributed by atoms with Crippen LogP contribution in [0, 0.1) is 0 Å². The van der Waals surface area contributed by atoms with Gasteiger partial charge in [0, 0.05) is 6.07 Å². The minimum Gasteiger partial charge on any atom is -0.497 e. The highest BCUT2D eigenvalue weighted by Gasteiger charge is 2.16. The molecule has 0 aliphatic rings. The number of benzene rings is 1. The Hall–Kier alpha value is -2.34. The molecule has 0 atom stereocenters. The van der Waals surface area contributed by atoms with E-state index in [4.69, 9.17) is 14.2 Å². The first-order valence-electron chi connectivity index (χ1n) is 6.11. The van der Waals surface area contributed by atoms with Crippen molar-refractivity contribution in [1.29, 1.82) is 0 Å². The molecule has 0 bridgehead atoms. The number of esters is 1. The normalized spacial score (nSPS) is 10.0. The molecule has 2 aromatic rings. The molecule has 0 fully saturated rings. The number of rotatable bonds is 6. The molecular weight excluding hydrogens is 292 g/mol. The van der Waals surface area contributed by atoms with Gasteiger partial charge in [-0.25, -0.2) is 4.79 Å². The van der Waals surface area contributed by atoms with E-state index in [1.807, 2.05) is 0 Å². The predicted molar refractivity (Wildman–Crippen MR) is 78.5 cm³/mol. The third kappa shape index (κ3) is 3.61. The summed E-state index contributed by atoms with van der Waals surface area (Å²) in [5, 5.41) is 1.77. The van der Waals surface area contributed by atoms with E-state index >= 15 is 0 Å². The lowest BCUT2D eigenvalue weighted by Gasteiger charge is -2.09. The fourth-order valence-electron chi connectivity index (χ4n) is 1.70. The Morgan fingerprint density at radius 1 is 1.14 bits per heavy atom. The summed E-state index contributed by atoms with van der Waals surface area (Å²) in [5.74, 6) is 0.121. The average Bonchev–Trinajstić information content (AvgIpc) is 3.06. The van der Waals surface area contributed by atoms with Gasteiger partial charge < -0.3 is 14.2 Å². The van der Waals surface area contributed by atoms with Gasteiger partial charge in [0.2, 0.25) is 5.78 Å². The SMILES string of the molecule is COc1ccc(C(=O)COC(=O)c2cccs2)c(OC)c1. The van der Waals surface area contributed by atoms with Crippen molar-refractivity contribution in [2.75, 3.05) is 20.8 Å². The number of ether oxygens (including phenoxy) is 3. The second-order valence-corrected chi connectivity index (χ2v) is 4.99. The Morgan fingerprint density at radius 3 is 2.57 bits per heavy atom. The second-order valence-electron chi connectivity index (χ2n) is 4.04. The maximum Gasteiger partial charge on any atom is 0.348 e. The molecule has 1 aromatic carbocycles. The molecule has 110 valence electrons. The topological polar surface area (TPSA) is 61.8 Å². The number of thiophene rings is 1. The third-order valence-corrected chi connectivity index (χ3v) is 3.62. The van der Waals surface area contributed by atoms with Crippen LogP contribution in [0.4, 0.5) is 0 Å². The molecule has 0 radical (unpaired) electrons. The standard InChI is InChI=1S/C15H14O5S/c1-18-10-5-6-11(13(8-10)19-2)12(16)9-20-15(17)14-4-3-7-21-14/h3-8H,9H2,1-2H3. The zero-order valence-corrected chi connectivity index (χ0v) is 12.4. The fourth-order valence-corrected chi connectivity index (χ4v) is 2.32. The van der Waals surface area contributed by atoms with Crippen LogP contribution in [0.15, 0.2) is 35.7 Å². The van der Waals surface area contributed by atoms with Crippen LogP contribution in [0.3, 0.4) is 0 Å². The van der Waals surface area contributed by atoms with Crippen LogP contribution in [0.5, 0.6) is 11.5 Å². The average molecular weight is 306 g/mol. The number of hydrogen-bond acceptors (Lipinski definition) is 6. The molecule has 1 heterocycles. The second kappa shape index (κ2) is 6.90. The van der Waals surface area contributed by atoms with E-state index in [-0.39, 0.29) is 12.4 Å². The molecule has 0 spiro atoms. The first kappa shape index (κ1) is 15.1. The smallest absolute Gasteiger partial charge is 0.348 e. The quantitative estimate of drug-likeness (QED) is 0.606. The zero-order chi connectivity index (χ0) is 15.2. The third-order valence-electron chi connectivity index (χ3n) is 2.77. The number of methoxy groups -OCH3 is 2. The van der Waals surface area contributed by atoms with Gasteiger partial charge >= 0.3 is 5.97 Å². The molecule has 0 aliphatic heterocycles. The van der Waals surface area contributed by atoms with Crippen molar-refractivity contribution in [2.45, 2.75) is 0 Å². The molecule has 0 aliphatic carbocycles. The maximum absolute atomic E-state index is 12.1. The number of carbonyl (C=O) groups is 2. The van der Waals surface area contributed by atoms with Crippen molar-refractivity contribution in [2.24, 2.45) is 0 Å². The van der Waals surface area contributed by atoms with Crippen molar-refractivity contribution >= 4 is 23.1 Å². The minimum absolute atomic E-state index is 0.334. The Kier molecular flexibility index (Phi) is 4.94. The van der Waals surface area contributed by atoms with Crippen LogP contribution in [0.25, 0.3) is 0 Å². The Morgan fingerprint density at radius 2 is 1.95 bits per heavy atom. The van der Waals surface area contributed by atoms with Crippen molar-refractivity contribution in [1.82, 2.24) is 0 Å². The van der Waals surface area contributed by atoms with Crippen LogP contribution in [-0.2, 0) is 4.74 Å². The van der Waals surface area contributed by atoms with E-state index in [9.17, 15) is 9.59 Å². The number of carbonyl (C=O) groups excluding carboxylic acids is 2. The van der Waals surface area contributed by atoms with Gasteiger partial charge in [0.25, 0.3) is 0 Å². The first-order chi connectivity index (χ1) is 10.2. The van der Waals surface area contributed by atoms with Gasteiger partial charge in [-0.3, -0.25) is 4.79 Å². The first-order valence-corrected chi connectivity index (χ1v) is 6.99. The summed E-state index contributed by atoms with van der Waals surface area (Å²) >= 11 is 1.26. The number of Topliss-reactive ketones (excluding diaryl/α,β-unsaturated/α-hetero) is 1. The summed E-state index contributed by atoms with van der Waals surface area (Å²) < 4.78 is 15.2. The lowest BCUT2D eigenvalue weighted by molar-refractivity contribution is 0.0478. The molecule has 0 saturated carbocycles. The molecule has 0 unspecified atom stereocenters. The lowest BCUT2D eigenvalue weighted by atomic mass is 10.1. The minimum atomic E-state index is -0.508. The lowest BCUT2D eigenvalue weighted by Crippen LogP contribution is -2.14. The van der Waals surface area contributed by atoms with E-state index in [0.29, 0.717) is 21.9 Å². The summed E-state index contributed by atoms with van der Waals surface area (Å²) in [6.07, 6.45) is 0. The van der Waals surface area contributed by atoms with Gasteiger partial charge in [0.05, 0.1) is 19.8 Å². The fraction of sp³-hybridized carbons (Fsp3) is 0.200. The molecule has 5 nitrogen and oxygen atoms in total. The van der Waals surface area contributed by atoms with Gasteiger partial charge in [-0.05, 0) is 23.6 Å². The van der Waals surface area contributed by atoms with Crippen LogP contribution in [0.2, 0.25) is 0 Å². The van der Waals surface area contributed by atoms with Gasteiger partial charge in [-0.2, -0.15) is 0 Å². The van der Waals surface area contributed by atoms with Crippen molar-refractivity contribution < 1.29 is 23.8 Å². The van der Waals surface area contributed by atoms with Crippen LogP contribution in [-0.4, -0.2) is 32.6 Å². The van der Waals surface area contributed by atoms with Gasteiger partial charge in [-0.15, -0.1) is 11.3 Å². The van der Waals surface area contributed by atoms with Crippen molar-refractivity contribution in [3.8, 4) is 11.5 Å². The Balaban J connectivity index is 2.05. The highest BCUT2D eigenvalue weighted by atomic mass is 32.1. The number of hydrogen-bond donors (Lipinski definition) is 0. The van der Waals surface area contributed by atoms with E-state index in [1.54, 1.807) is 35.7 Å². The molecule has 21 heavy (non-hydrogen) atoms. The summed E-state index contributed by atoms with van der Waals surface area (Å²) in [6, 6.07) is 8.23. The summed E-state index contributed by atoms with van der Waals surface area (Å²) in [7, 11) is 2.99. The Bertz CT molecular complexity index is 634. The maximum atomic E-state index is 12.1. The molecule has 0 amide bonds. The van der Waals surface area contributed by atoms with Crippen LogP contribution < -0.4 is 9.47 Å². The molecule has 1 aromatic heterocycles. The van der Waals surface area contributed by atoms with E-state index < -0.39 is 5.97 Å². The molecule has 0 N–H and O–H groups in total. The van der Waals surface area contributed by atoms with E-state index in [2.05, 4.69) is 0 Å². The van der Waals surface area contributed by atoms with Crippen molar-refractivity contribution in [3.05, 3.63) is 46.2 Å². The highest BCUT2D eigenvalue weighted by molar-refractivity contribution is 7.11. The molecular formula is C15H14O5S. The summed E-state index contributed by atoms with van der Waals surface area (Å²) in [6.45, 7) is -0.334. The van der Waals surface area contributed by atoms with Crippen LogP contribution >= 0.6 is 11.3 Å².